The van der Waals surface area contributed by atoms with Gasteiger partial charge in [-0.05, 0) is 86.0 Å². The van der Waals surface area contributed by atoms with Crippen molar-refractivity contribution in [2.75, 3.05) is 28.6 Å². The maximum absolute atomic E-state index is 11.6. The molecule has 1 N–H and O–H groups in total. The molecular formula is C25H32BrN3OS. The van der Waals surface area contributed by atoms with Crippen molar-refractivity contribution in [2.45, 2.75) is 62.9 Å². The van der Waals surface area contributed by atoms with Crippen LogP contribution in [0.1, 0.15) is 50.2 Å². The van der Waals surface area contributed by atoms with Crippen LogP contribution in [0.5, 0.6) is 0 Å². The molecule has 31 heavy (non-hydrogen) atoms. The van der Waals surface area contributed by atoms with Crippen LogP contribution in [0.3, 0.4) is 0 Å². The van der Waals surface area contributed by atoms with Crippen LogP contribution in [-0.2, 0) is 17.8 Å². The van der Waals surface area contributed by atoms with Gasteiger partial charge in [0, 0.05) is 41.9 Å². The van der Waals surface area contributed by atoms with E-state index in [1.807, 2.05) is 24.1 Å². The number of benzene rings is 2. The number of alkyl halides is 1. The number of hydrogen-bond acceptors (Lipinski definition) is 4. The molecule has 0 spiro atoms. The largest absolute Gasteiger partial charge is 0.372 e. The molecule has 6 heteroatoms. The van der Waals surface area contributed by atoms with Gasteiger partial charge in [-0.1, -0.05) is 40.9 Å². The third kappa shape index (κ3) is 5.85. The number of carbonyl (C=O) groups excluding carboxylic acids is 1. The summed E-state index contributed by atoms with van der Waals surface area (Å²) in [5.41, 5.74) is 5.20. The first-order valence-corrected chi connectivity index (χ1v) is 13.3. The van der Waals surface area contributed by atoms with Gasteiger partial charge in [-0.25, -0.2) is 4.31 Å². The minimum absolute atomic E-state index is 0.0259. The van der Waals surface area contributed by atoms with Gasteiger partial charge in [0.15, 0.2) is 0 Å². The van der Waals surface area contributed by atoms with Crippen LogP contribution in [0, 0.1) is 0 Å². The molecule has 0 unspecified atom stereocenters. The fraction of sp³-hybridized carbons (Fsp3) is 0.480. The Kier molecular flexibility index (Phi) is 7.96. The lowest BCUT2D eigenvalue weighted by Gasteiger charge is -2.32. The van der Waals surface area contributed by atoms with Crippen LogP contribution >= 0.6 is 27.9 Å². The Morgan fingerprint density at radius 1 is 1.16 bits per heavy atom. The Labute approximate surface area is 199 Å². The van der Waals surface area contributed by atoms with E-state index in [2.05, 4.69) is 67.7 Å². The average Bonchev–Trinajstić information content (AvgIpc) is 3.34. The Balaban J connectivity index is 1.48. The van der Waals surface area contributed by atoms with Gasteiger partial charge < -0.3 is 10.2 Å². The minimum Gasteiger partial charge on any atom is -0.372 e. The summed E-state index contributed by atoms with van der Waals surface area (Å²) in [6.07, 6.45) is 7.66. The predicted molar refractivity (Wildman–Crippen MR) is 135 cm³/mol. The highest BCUT2D eigenvalue weighted by atomic mass is 79.9. The molecule has 1 saturated carbocycles. The molecule has 0 atom stereocenters. The van der Waals surface area contributed by atoms with E-state index >= 15 is 0 Å². The zero-order valence-corrected chi connectivity index (χ0v) is 20.7. The molecule has 0 saturated heterocycles. The van der Waals surface area contributed by atoms with Crippen molar-refractivity contribution in [2.24, 2.45) is 0 Å². The fourth-order valence-electron chi connectivity index (χ4n) is 4.69. The third-order valence-electron chi connectivity index (χ3n) is 6.29. The fourth-order valence-corrected chi connectivity index (χ4v) is 5.93. The lowest BCUT2D eigenvalue weighted by Crippen LogP contribution is -2.29. The van der Waals surface area contributed by atoms with E-state index in [1.165, 1.54) is 66.8 Å². The summed E-state index contributed by atoms with van der Waals surface area (Å²) in [6.45, 7) is 5.48. The summed E-state index contributed by atoms with van der Waals surface area (Å²) in [4.78, 5) is 15.3. The van der Waals surface area contributed by atoms with Crippen LogP contribution in [-0.4, -0.2) is 34.7 Å². The van der Waals surface area contributed by atoms with Gasteiger partial charge in [0.25, 0.3) is 0 Å². The monoisotopic (exact) mass is 501 g/mol. The molecule has 4 rings (SSSR count). The quantitative estimate of drug-likeness (QED) is 0.342. The molecule has 1 heterocycles. The van der Waals surface area contributed by atoms with E-state index in [4.69, 9.17) is 0 Å². The van der Waals surface area contributed by atoms with E-state index in [-0.39, 0.29) is 5.91 Å². The number of rotatable bonds is 8. The van der Waals surface area contributed by atoms with Crippen molar-refractivity contribution < 1.29 is 4.79 Å². The van der Waals surface area contributed by atoms with E-state index in [0.717, 1.165) is 18.8 Å². The first kappa shape index (κ1) is 22.7. The summed E-state index contributed by atoms with van der Waals surface area (Å²) in [7, 11) is 0. The zero-order chi connectivity index (χ0) is 21.6. The molecule has 166 valence electrons. The van der Waals surface area contributed by atoms with Crippen LogP contribution in [0.4, 0.5) is 11.4 Å². The number of halogens is 1. The normalized spacial score (nSPS) is 16.5. The number of nitrogens with one attached hydrogen (secondary N) is 1. The molecule has 2 aromatic carbocycles. The SMILES string of the molecule is CCN1CCCc2cc(CN(Sc3ccc(NC(=O)CBr)cc3)C3CCCC3)ccc21. The number of anilines is 2. The molecule has 0 bridgehead atoms. The molecule has 2 aliphatic rings. The molecule has 0 aromatic heterocycles. The van der Waals surface area contributed by atoms with Gasteiger partial charge in [-0.2, -0.15) is 0 Å². The number of carbonyl (C=O) groups is 1. The summed E-state index contributed by atoms with van der Waals surface area (Å²) < 4.78 is 2.58. The summed E-state index contributed by atoms with van der Waals surface area (Å²) in [6, 6.07) is 16.0. The first-order chi connectivity index (χ1) is 15.2. The van der Waals surface area contributed by atoms with E-state index in [9.17, 15) is 4.79 Å². The summed E-state index contributed by atoms with van der Waals surface area (Å²) in [5.74, 6) is -0.0259. The van der Waals surface area contributed by atoms with E-state index in [0.29, 0.717) is 11.4 Å². The molecule has 1 aliphatic carbocycles. The third-order valence-corrected chi connectivity index (χ3v) is 7.95. The summed E-state index contributed by atoms with van der Waals surface area (Å²) >= 11 is 5.05. The van der Waals surface area contributed by atoms with Crippen LogP contribution < -0.4 is 10.2 Å². The zero-order valence-electron chi connectivity index (χ0n) is 18.3. The van der Waals surface area contributed by atoms with Crippen molar-refractivity contribution in [3.05, 3.63) is 53.6 Å². The number of amides is 1. The molecule has 2 aromatic rings. The second kappa shape index (κ2) is 10.9. The highest BCUT2D eigenvalue weighted by Gasteiger charge is 2.24. The highest BCUT2D eigenvalue weighted by Crippen LogP contribution is 2.35. The maximum atomic E-state index is 11.6. The van der Waals surface area contributed by atoms with Gasteiger partial charge in [0.1, 0.15) is 0 Å². The molecule has 1 aliphatic heterocycles. The average molecular weight is 503 g/mol. The minimum atomic E-state index is -0.0259. The Morgan fingerprint density at radius 2 is 1.94 bits per heavy atom. The van der Waals surface area contributed by atoms with Crippen molar-refractivity contribution in [3.63, 3.8) is 0 Å². The van der Waals surface area contributed by atoms with Gasteiger partial charge in [0.05, 0.1) is 5.33 Å². The lowest BCUT2D eigenvalue weighted by molar-refractivity contribution is -0.113. The molecule has 0 radical (unpaired) electrons. The molecular weight excluding hydrogens is 470 g/mol. The number of nitrogens with zero attached hydrogens (tertiary/aromatic N) is 2. The van der Waals surface area contributed by atoms with Gasteiger partial charge in [0.2, 0.25) is 5.91 Å². The maximum Gasteiger partial charge on any atom is 0.235 e. The number of hydrogen-bond donors (Lipinski definition) is 1. The smallest absolute Gasteiger partial charge is 0.235 e. The van der Waals surface area contributed by atoms with E-state index < -0.39 is 0 Å². The van der Waals surface area contributed by atoms with Crippen LogP contribution in [0.2, 0.25) is 0 Å². The molecule has 1 fully saturated rings. The Morgan fingerprint density at radius 3 is 2.65 bits per heavy atom. The van der Waals surface area contributed by atoms with Crippen molar-refractivity contribution in [3.8, 4) is 0 Å². The second-order valence-corrected chi connectivity index (χ2v) is 10.1. The molecule has 4 nitrogen and oxygen atoms in total. The standard InChI is InChI=1S/C25H32BrN3OS/c1-2-28-15-5-6-20-16-19(9-14-24(20)28)18-29(22-7-3-4-8-22)31-23-12-10-21(11-13-23)27-25(30)17-26/h9-14,16,22H,2-8,15,17-18H2,1H3,(H,27,30). The molecule has 1 amide bonds. The Hall–Kier alpha value is -1.50. The number of fused-ring (bicyclic) bond motifs is 1. The summed E-state index contributed by atoms with van der Waals surface area (Å²) in [5, 5.41) is 3.21. The van der Waals surface area contributed by atoms with Crippen LogP contribution in [0.15, 0.2) is 47.4 Å². The number of aryl methyl sites for hydroxylation is 1. The first-order valence-electron chi connectivity index (χ1n) is 11.4. The highest BCUT2D eigenvalue weighted by molar-refractivity contribution is 9.09. The lowest BCUT2D eigenvalue weighted by atomic mass is 9.99. The predicted octanol–water partition coefficient (Wildman–Crippen LogP) is 6.24. The van der Waals surface area contributed by atoms with Gasteiger partial charge >= 0.3 is 0 Å². The van der Waals surface area contributed by atoms with Crippen molar-refractivity contribution >= 4 is 45.2 Å². The second-order valence-electron chi connectivity index (χ2n) is 8.46. The van der Waals surface area contributed by atoms with Crippen molar-refractivity contribution in [1.29, 1.82) is 0 Å². The van der Waals surface area contributed by atoms with Crippen molar-refractivity contribution in [1.82, 2.24) is 4.31 Å². The Bertz CT molecular complexity index is 883. The topological polar surface area (TPSA) is 35.6 Å². The van der Waals surface area contributed by atoms with Crippen LogP contribution in [0.25, 0.3) is 0 Å². The van der Waals surface area contributed by atoms with Gasteiger partial charge in [-0.3, -0.25) is 4.79 Å². The van der Waals surface area contributed by atoms with E-state index in [1.54, 1.807) is 0 Å². The van der Waals surface area contributed by atoms with Gasteiger partial charge in [-0.15, -0.1) is 0 Å².